The number of anilines is 1. The molecule has 1 N–H and O–H groups in total. The van der Waals surface area contributed by atoms with E-state index >= 15 is 0 Å². The minimum atomic E-state index is -0.211. The van der Waals surface area contributed by atoms with Crippen molar-refractivity contribution in [1.82, 2.24) is 10.3 Å². The van der Waals surface area contributed by atoms with Gasteiger partial charge in [-0.3, -0.25) is 4.79 Å². The van der Waals surface area contributed by atoms with Gasteiger partial charge in [0.1, 0.15) is 0 Å². The molecule has 0 saturated carbocycles. The number of para-hydroxylation sites is 1. The number of nitrogens with zero attached hydrogens (tertiary/aromatic N) is 2. The fourth-order valence-corrected chi connectivity index (χ4v) is 2.81. The van der Waals surface area contributed by atoms with Gasteiger partial charge in [0.2, 0.25) is 0 Å². The molecule has 1 heterocycles. The van der Waals surface area contributed by atoms with Crippen molar-refractivity contribution in [3.05, 3.63) is 72.2 Å². The Balaban J connectivity index is 1.54. The van der Waals surface area contributed by atoms with E-state index in [0.717, 1.165) is 29.8 Å². The topological polar surface area (TPSA) is 58.4 Å². The lowest BCUT2D eigenvalue weighted by molar-refractivity contribution is 0.0949. The van der Waals surface area contributed by atoms with Crippen LogP contribution >= 0.6 is 0 Å². The first-order chi connectivity index (χ1) is 12.6. The second-order valence-corrected chi connectivity index (χ2v) is 6.27. The molecule has 0 aliphatic carbocycles. The first kappa shape index (κ1) is 17.7. The summed E-state index contributed by atoms with van der Waals surface area (Å²) >= 11 is 0. The van der Waals surface area contributed by atoms with Crippen molar-refractivity contribution in [3.63, 3.8) is 0 Å². The average Bonchev–Trinajstić information content (AvgIpc) is 3.15. The highest BCUT2D eigenvalue weighted by atomic mass is 16.3. The number of aromatic nitrogens is 1. The molecule has 0 fully saturated rings. The molecule has 0 aliphatic heterocycles. The summed E-state index contributed by atoms with van der Waals surface area (Å²) in [5.74, 6) is 0.297. The van der Waals surface area contributed by atoms with Crippen molar-refractivity contribution < 1.29 is 9.21 Å². The van der Waals surface area contributed by atoms with Gasteiger partial charge >= 0.3 is 0 Å². The van der Waals surface area contributed by atoms with Crippen molar-refractivity contribution in [2.24, 2.45) is 0 Å². The summed E-state index contributed by atoms with van der Waals surface area (Å²) in [4.78, 5) is 18.7. The van der Waals surface area contributed by atoms with Gasteiger partial charge in [-0.15, -0.1) is 0 Å². The lowest BCUT2D eigenvalue weighted by atomic mass is 10.1. The van der Waals surface area contributed by atoms with E-state index in [1.807, 2.05) is 56.4 Å². The number of hydrogen-bond donors (Lipinski definition) is 1. The Morgan fingerprint density at radius 1 is 1.15 bits per heavy atom. The Hall–Kier alpha value is -3.08. The van der Waals surface area contributed by atoms with Gasteiger partial charge in [-0.2, -0.15) is 0 Å². The Morgan fingerprint density at radius 3 is 2.73 bits per heavy atom. The molecule has 0 unspecified atom stereocenters. The van der Waals surface area contributed by atoms with Gasteiger partial charge in [0.05, 0.1) is 0 Å². The molecule has 0 radical (unpaired) electrons. The molecule has 5 nitrogen and oxygen atoms in total. The van der Waals surface area contributed by atoms with E-state index in [-0.39, 0.29) is 5.91 Å². The van der Waals surface area contributed by atoms with Crippen molar-refractivity contribution in [2.45, 2.75) is 13.3 Å². The van der Waals surface area contributed by atoms with Gasteiger partial charge in [0.25, 0.3) is 5.91 Å². The highest BCUT2D eigenvalue weighted by Gasteiger charge is 2.17. The number of nitrogens with one attached hydrogen (secondary N) is 1. The lowest BCUT2D eigenvalue weighted by Crippen LogP contribution is -2.28. The molecule has 134 valence electrons. The largest absolute Gasteiger partial charge is 0.443 e. The maximum Gasteiger partial charge on any atom is 0.273 e. The van der Waals surface area contributed by atoms with Gasteiger partial charge in [-0.25, -0.2) is 4.98 Å². The predicted octanol–water partition coefficient (Wildman–Crippen LogP) is 3.91. The predicted molar refractivity (Wildman–Crippen MR) is 103 cm³/mol. The molecule has 3 aromatic rings. The molecule has 26 heavy (non-hydrogen) atoms. The van der Waals surface area contributed by atoms with Crippen LogP contribution in [0, 0.1) is 6.92 Å². The highest BCUT2D eigenvalue weighted by Crippen LogP contribution is 2.23. The van der Waals surface area contributed by atoms with Crippen LogP contribution in [0.4, 0.5) is 5.69 Å². The fourth-order valence-electron chi connectivity index (χ4n) is 2.81. The number of oxazole rings is 1. The normalized spacial score (nSPS) is 10.5. The monoisotopic (exact) mass is 349 g/mol. The first-order valence-electron chi connectivity index (χ1n) is 8.70. The van der Waals surface area contributed by atoms with Gasteiger partial charge in [0.15, 0.2) is 17.8 Å². The number of rotatable bonds is 7. The minimum Gasteiger partial charge on any atom is -0.443 e. The van der Waals surface area contributed by atoms with E-state index in [1.165, 1.54) is 6.39 Å². The third kappa shape index (κ3) is 4.30. The van der Waals surface area contributed by atoms with Crippen LogP contribution in [0.2, 0.25) is 0 Å². The molecule has 0 atom stereocenters. The van der Waals surface area contributed by atoms with Gasteiger partial charge in [0, 0.05) is 31.4 Å². The fraction of sp³-hybridized carbons (Fsp3) is 0.238. The maximum atomic E-state index is 12.5. The van der Waals surface area contributed by atoms with Gasteiger partial charge < -0.3 is 14.6 Å². The number of benzene rings is 2. The van der Waals surface area contributed by atoms with E-state index < -0.39 is 0 Å². The van der Waals surface area contributed by atoms with E-state index in [4.69, 9.17) is 4.42 Å². The van der Waals surface area contributed by atoms with E-state index in [2.05, 4.69) is 27.3 Å². The van der Waals surface area contributed by atoms with Crippen LogP contribution < -0.4 is 10.2 Å². The van der Waals surface area contributed by atoms with Crippen molar-refractivity contribution in [1.29, 1.82) is 0 Å². The van der Waals surface area contributed by atoms with Crippen LogP contribution in [-0.2, 0) is 0 Å². The third-order valence-corrected chi connectivity index (χ3v) is 4.22. The van der Waals surface area contributed by atoms with Crippen molar-refractivity contribution in [2.75, 3.05) is 25.0 Å². The molecule has 0 bridgehead atoms. The molecular formula is C21H23N3O2. The Morgan fingerprint density at radius 2 is 1.96 bits per heavy atom. The summed E-state index contributed by atoms with van der Waals surface area (Å²) < 4.78 is 5.45. The summed E-state index contributed by atoms with van der Waals surface area (Å²) in [6.45, 7) is 3.44. The average molecular weight is 349 g/mol. The number of carbonyl (C=O) groups excluding carboxylic acids is 1. The maximum absolute atomic E-state index is 12.5. The zero-order valence-electron chi connectivity index (χ0n) is 15.1. The molecule has 0 saturated heterocycles. The molecule has 3 rings (SSSR count). The summed E-state index contributed by atoms with van der Waals surface area (Å²) in [5.41, 5.74) is 3.45. The van der Waals surface area contributed by atoms with E-state index in [0.29, 0.717) is 18.0 Å². The smallest absolute Gasteiger partial charge is 0.273 e. The van der Waals surface area contributed by atoms with Crippen LogP contribution in [0.5, 0.6) is 0 Å². The first-order valence-corrected chi connectivity index (χ1v) is 8.70. The zero-order chi connectivity index (χ0) is 18.4. The van der Waals surface area contributed by atoms with Crippen LogP contribution in [0.25, 0.3) is 11.3 Å². The molecule has 2 aromatic carbocycles. The third-order valence-electron chi connectivity index (χ3n) is 4.22. The highest BCUT2D eigenvalue weighted by molar-refractivity contribution is 5.97. The molecule has 0 spiro atoms. The summed E-state index contributed by atoms with van der Waals surface area (Å²) in [6, 6.07) is 18.0. The van der Waals surface area contributed by atoms with Crippen LogP contribution in [-0.4, -0.2) is 31.0 Å². The van der Waals surface area contributed by atoms with Crippen molar-refractivity contribution >= 4 is 11.6 Å². The Kier molecular flexibility index (Phi) is 5.69. The lowest BCUT2D eigenvalue weighted by Gasteiger charge is -2.19. The molecular weight excluding hydrogens is 326 g/mol. The SMILES string of the molecule is Cc1cccc(-c2ocnc2C(=O)NCCCN(C)c2ccccc2)c1. The number of aryl methyl sites for hydroxylation is 1. The van der Waals surface area contributed by atoms with Crippen LogP contribution in [0.3, 0.4) is 0 Å². The number of hydrogen-bond acceptors (Lipinski definition) is 4. The standard InChI is InChI=1S/C21H23N3O2/c1-16-8-6-9-17(14-16)20-19(23-15-26-20)21(25)22-12-7-13-24(2)18-10-4-3-5-11-18/h3-6,8-11,14-15H,7,12-13H2,1-2H3,(H,22,25). The quantitative estimate of drug-likeness (QED) is 0.657. The zero-order valence-corrected chi connectivity index (χ0v) is 15.1. The molecule has 0 aliphatic rings. The van der Waals surface area contributed by atoms with E-state index in [9.17, 15) is 4.79 Å². The summed E-state index contributed by atoms with van der Waals surface area (Å²) in [5, 5.41) is 2.93. The molecule has 5 heteroatoms. The van der Waals surface area contributed by atoms with Crippen LogP contribution in [0.15, 0.2) is 65.4 Å². The van der Waals surface area contributed by atoms with Gasteiger partial charge in [-0.05, 0) is 31.5 Å². The van der Waals surface area contributed by atoms with Crippen LogP contribution in [0.1, 0.15) is 22.5 Å². The Bertz CT molecular complexity index is 858. The van der Waals surface area contributed by atoms with E-state index in [1.54, 1.807) is 0 Å². The Labute approximate surface area is 153 Å². The molecule has 1 aromatic heterocycles. The second-order valence-electron chi connectivity index (χ2n) is 6.27. The summed E-state index contributed by atoms with van der Waals surface area (Å²) in [6.07, 6.45) is 2.16. The summed E-state index contributed by atoms with van der Waals surface area (Å²) in [7, 11) is 2.05. The minimum absolute atomic E-state index is 0.211. The second kappa shape index (κ2) is 8.34. The number of amides is 1. The van der Waals surface area contributed by atoms with Gasteiger partial charge in [-0.1, -0.05) is 42.0 Å². The van der Waals surface area contributed by atoms with Crippen molar-refractivity contribution in [3.8, 4) is 11.3 Å². The number of carbonyl (C=O) groups is 1. The molecule has 1 amide bonds.